The Morgan fingerprint density at radius 2 is 2.18 bits per heavy atom. The lowest BCUT2D eigenvalue weighted by atomic mass is 10.2. The summed E-state index contributed by atoms with van der Waals surface area (Å²) in [7, 11) is 1.84. The zero-order valence-electron chi connectivity index (χ0n) is 12.4. The highest BCUT2D eigenvalue weighted by Crippen LogP contribution is 2.25. The zero-order chi connectivity index (χ0) is 15.4. The van der Waals surface area contributed by atoms with E-state index in [1.807, 2.05) is 19.2 Å². The van der Waals surface area contributed by atoms with Crippen LogP contribution in [-0.2, 0) is 11.3 Å². The summed E-state index contributed by atoms with van der Waals surface area (Å²) in [5.74, 6) is 0.763. The van der Waals surface area contributed by atoms with E-state index in [4.69, 9.17) is 16.3 Å². The highest BCUT2D eigenvalue weighted by Gasteiger charge is 2.25. The molecule has 0 saturated carbocycles. The molecular weight excluding hydrogens is 302 g/mol. The van der Waals surface area contributed by atoms with E-state index in [0.717, 1.165) is 36.8 Å². The number of halogens is 1. The van der Waals surface area contributed by atoms with Crippen LogP contribution in [-0.4, -0.2) is 46.6 Å². The molecule has 0 unspecified atom stereocenters. The smallest absolute Gasteiger partial charge is 0.150 e. The third-order valence-corrected chi connectivity index (χ3v) is 3.82. The summed E-state index contributed by atoms with van der Waals surface area (Å²) in [6.07, 6.45) is 4.96. The third kappa shape index (κ3) is 3.52. The Morgan fingerprint density at radius 3 is 2.95 bits per heavy atom. The summed E-state index contributed by atoms with van der Waals surface area (Å²) in [6, 6.07) is 3.82. The molecule has 3 rings (SSSR count). The lowest BCUT2D eigenvalue weighted by molar-refractivity contribution is -0.0351. The molecule has 0 radical (unpaired) electrons. The summed E-state index contributed by atoms with van der Waals surface area (Å²) in [5, 5.41) is 3.72. The van der Waals surface area contributed by atoms with E-state index in [0.29, 0.717) is 11.6 Å². The SMILES string of the molecule is CNc1nccnc1[C@H]1CN(Cc2ccc(Cl)cn2)CCO1. The third-order valence-electron chi connectivity index (χ3n) is 3.59. The first-order valence-corrected chi connectivity index (χ1v) is 7.57. The van der Waals surface area contributed by atoms with Gasteiger partial charge in [0.05, 0.1) is 17.3 Å². The van der Waals surface area contributed by atoms with E-state index in [1.54, 1.807) is 18.6 Å². The Bertz CT molecular complexity index is 622. The van der Waals surface area contributed by atoms with Gasteiger partial charge in [0.15, 0.2) is 0 Å². The number of anilines is 1. The maximum atomic E-state index is 5.87. The maximum Gasteiger partial charge on any atom is 0.150 e. The van der Waals surface area contributed by atoms with E-state index >= 15 is 0 Å². The van der Waals surface area contributed by atoms with Crippen molar-refractivity contribution in [3.05, 3.63) is 47.1 Å². The molecule has 1 fully saturated rings. The predicted molar refractivity (Wildman–Crippen MR) is 84.8 cm³/mol. The van der Waals surface area contributed by atoms with Gasteiger partial charge < -0.3 is 10.1 Å². The second kappa shape index (κ2) is 7.00. The fourth-order valence-electron chi connectivity index (χ4n) is 2.52. The van der Waals surface area contributed by atoms with Gasteiger partial charge in [0.25, 0.3) is 0 Å². The lowest BCUT2D eigenvalue weighted by Crippen LogP contribution is -2.38. The second-order valence-corrected chi connectivity index (χ2v) is 5.54. The normalized spacial score (nSPS) is 19.1. The molecule has 1 atom stereocenters. The van der Waals surface area contributed by atoms with Crippen LogP contribution >= 0.6 is 11.6 Å². The summed E-state index contributed by atoms with van der Waals surface area (Å²) in [4.78, 5) is 15.4. The quantitative estimate of drug-likeness (QED) is 0.931. The molecule has 0 aromatic carbocycles. The zero-order valence-corrected chi connectivity index (χ0v) is 13.1. The molecule has 0 amide bonds. The molecule has 1 aliphatic rings. The van der Waals surface area contributed by atoms with E-state index in [2.05, 4.69) is 25.2 Å². The first-order chi connectivity index (χ1) is 10.8. The van der Waals surface area contributed by atoms with E-state index in [-0.39, 0.29) is 6.10 Å². The number of hydrogen-bond donors (Lipinski definition) is 1. The van der Waals surface area contributed by atoms with Crippen LogP contribution in [0, 0.1) is 0 Å². The number of hydrogen-bond acceptors (Lipinski definition) is 6. The molecule has 1 N–H and O–H groups in total. The molecule has 2 aromatic heterocycles. The largest absolute Gasteiger partial charge is 0.372 e. The molecule has 0 aliphatic carbocycles. The Morgan fingerprint density at radius 1 is 1.32 bits per heavy atom. The maximum absolute atomic E-state index is 5.87. The van der Waals surface area contributed by atoms with Crippen molar-refractivity contribution >= 4 is 17.4 Å². The van der Waals surface area contributed by atoms with Gasteiger partial charge in [-0.2, -0.15) is 0 Å². The highest BCUT2D eigenvalue weighted by atomic mass is 35.5. The van der Waals surface area contributed by atoms with Crippen LogP contribution in [0.2, 0.25) is 5.02 Å². The minimum Gasteiger partial charge on any atom is -0.372 e. The van der Waals surface area contributed by atoms with Crippen molar-refractivity contribution in [2.45, 2.75) is 12.6 Å². The summed E-state index contributed by atoms with van der Waals surface area (Å²) >= 11 is 5.87. The Kier molecular flexibility index (Phi) is 4.82. The van der Waals surface area contributed by atoms with Gasteiger partial charge >= 0.3 is 0 Å². The van der Waals surface area contributed by atoms with Gasteiger partial charge in [-0.05, 0) is 12.1 Å². The Labute approximate surface area is 134 Å². The van der Waals surface area contributed by atoms with Crippen molar-refractivity contribution in [2.75, 3.05) is 32.1 Å². The average molecular weight is 320 g/mol. The molecule has 22 heavy (non-hydrogen) atoms. The van der Waals surface area contributed by atoms with Gasteiger partial charge in [0.1, 0.15) is 17.6 Å². The number of ether oxygens (including phenoxy) is 1. The number of nitrogens with zero attached hydrogens (tertiary/aromatic N) is 4. The Hall–Kier alpha value is -1.76. The van der Waals surface area contributed by atoms with Crippen LogP contribution in [0.25, 0.3) is 0 Å². The van der Waals surface area contributed by atoms with Crippen LogP contribution in [0.3, 0.4) is 0 Å². The van der Waals surface area contributed by atoms with Crippen molar-refractivity contribution in [2.24, 2.45) is 0 Å². The van der Waals surface area contributed by atoms with Crippen molar-refractivity contribution in [1.82, 2.24) is 19.9 Å². The highest BCUT2D eigenvalue weighted by molar-refractivity contribution is 6.30. The molecule has 3 heterocycles. The molecular formula is C15H18ClN5O. The summed E-state index contributed by atoms with van der Waals surface area (Å²) in [5.41, 5.74) is 1.84. The van der Waals surface area contributed by atoms with E-state index < -0.39 is 0 Å². The van der Waals surface area contributed by atoms with Gasteiger partial charge in [-0.15, -0.1) is 0 Å². The fraction of sp³-hybridized carbons (Fsp3) is 0.400. The molecule has 1 aliphatic heterocycles. The number of rotatable bonds is 4. The van der Waals surface area contributed by atoms with Crippen LogP contribution in [0.4, 0.5) is 5.82 Å². The molecule has 0 bridgehead atoms. The van der Waals surface area contributed by atoms with Crippen LogP contribution < -0.4 is 5.32 Å². The lowest BCUT2D eigenvalue weighted by Gasteiger charge is -2.32. The van der Waals surface area contributed by atoms with Crippen molar-refractivity contribution < 1.29 is 4.74 Å². The number of aromatic nitrogens is 3. The van der Waals surface area contributed by atoms with Crippen LogP contribution in [0.1, 0.15) is 17.5 Å². The molecule has 116 valence electrons. The molecule has 2 aromatic rings. The molecule has 0 spiro atoms. The van der Waals surface area contributed by atoms with Gasteiger partial charge in [0.2, 0.25) is 0 Å². The average Bonchev–Trinajstić information content (AvgIpc) is 2.57. The van der Waals surface area contributed by atoms with Gasteiger partial charge in [-0.1, -0.05) is 11.6 Å². The van der Waals surface area contributed by atoms with Gasteiger partial charge in [-0.25, -0.2) is 4.98 Å². The van der Waals surface area contributed by atoms with Gasteiger partial charge in [-0.3, -0.25) is 14.9 Å². The first-order valence-electron chi connectivity index (χ1n) is 7.19. The Balaban J connectivity index is 1.70. The van der Waals surface area contributed by atoms with E-state index in [9.17, 15) is 0 Å². The van der Waals surface area contributed by atoms with E-state index in [1.165, 1.54) is 0 Å². The topological polar surface area (TPSA) is 63.2 Å². The number of nitrogens with one attached hydrogen (secondary N) is 1. The standard InChI is InChI=1S/C15H18ClN5O/c1-17-15-14(18-4-5-19-15)13-10-21(6-7-22-13)9-12-3-2-11(16)8-20-12/h2-5,8,13H,6-7,9-10H2,1H3,(H,17,19)/t13-/m1/s1. The van der Waals surface area contributed by atoms with Crippen LogP contribution in [0.5, 0.6) is 0 Å². The molecule has 6 nitrogen and oxygen atoms in total. The summed E-state index contributed by atoms with van der Waals surface area (Å²) < 4.78 is 5.87. The predicted octanol–water partition coefficient (Wildman–Crippen LogP) is 2.14. The monoisotopic (exact) mass is 319 g/mol. The molecule has 1 saturated heterocycles. The van der Waals surface area contributed by atoms with Crippen molar-refractivity contribution in [1.29, 1.82) is 0 Å². The van der Waals surface area contributed by atoms with Crippen molar-refractivity contribution in [3.8, 4) is 0 Å². The number of morpholine rings is 1. The minimum atomic E-state index is -0.0859. The van der Waals surface area contributed by atoms with Crippen LogP contribution in [0.15, 0.2) is 30.7 Å². The fourth-order valence-corrected chi connectivity index (χ4v) is 2.63. The first kappa shape index (κ1) is 15.1. The van der Waals surface area contributed by atoms with Crippen molar-refractivity contribution in [3.63, 3.8) is 0 Å². The molecule has 7 heteroatoms. The second-order valence-electron chi connectivity index (χ2n) is 5.10. The number of pyridine rings is 1. The summed E-state index contributed by atoms with van der Waals surface area (Å²) in [6.45, 7) is 3.07. The van der Waals surface area contributed by atoms with Gasteiger partial charge in [0, 0.05) is 45.3 Å². The minimum absolute atomic E-state index is 0.0859.